The predicted molar refractivity (Wildman–Crippen MR) is 102 cm³/mol. The van der Waals surface area contributed by atoms with Gasteiger partial charge in [-0.25, -0.2) is 15.0 Å². The molecule has 3 atom stereocenters. The number of aliphatic hydroxyl groups excluding tert-OH is 1. The third-order valence-corrected chi connectivity index (χ3v) is 6.48. The van der Waals surface area contributed by atoms with Crippen LogP contribution in [0.2, 0.25) is 0 Å². The van der Waals surface area contributed by atoms with Gasteiger partial charge in [0.25, 0.3) is 0 Å². The number of anilines is 1. The molecule has 2 bridgehead atoms. The Kier molecular flexibility index (Phi) is 4.36. The fraction of sp³-hybridized carbons (Fsp3) is 0.650. The van der Waals surface area contributed by atoms with Crippen LogP contribution < -0.4 is 4.90 Å². The molecule has 0 amide bonds. The molecule has 5 heterocycles. The number of nitrogens with zero attached hydrogens (tertiary/aromatic N) is 6. The second kappa shape index (κ2) is 6.87. The minimum atomic E-state index is -0.256. The molecule has 144 valence electrons. The first-order valence-electron chi connectivity index (χ1n) is 10.3. The van der Waals surface area contributed by atoms with Gasteiger partial charge in [0.05, 0.1) is 23.8 Å². The number of imidazole rings is 1. The first kappa shape index (κ1) is 17.1. The van der Waals surface area contributed by atoms with Crippen molar-refractivity contribution in [1.82, 2.24) is 24.4 Å². The highest BCUT2D eigenvalue weighted by atomic mass is 16.3. The molecule has 5 rings (SSSR count). The largest absolute Gasteiger partial charge is 0.391 e. The van der Waals surface area contributed by atoms with E-state index < -0.39 is 0 Å². The first-order chi connectivity index (χ1) is 13.2. The highest BCUT2D eigenvalue weighted by Crippen LogP contribution is 2.44. The minimum absolute atomic E-state index is 0.256. The average molecular weight is 368 g/mol. The molecule has 2 fully saturated rings. The number of hydrogen-bond acceptors (Lipinski definition) is 6. The van der Waals surface area contributed by atoms with Gasteiger partial charge in [-0.15, -0.1) is 0 Å². The standard InChI is InChI=1S/C20H28N6O/c1-2-24-13-21-9-15(24)11-26-14-5-6-19(26)17-10-22-20(23-18(17)8-14)25-7-3-4-16(27)12-25/h9-10,13-14,16,19,27H,2-8,11-12H2,1H3/t14-,16+,19-/m1/s1. The summed E-state index contributed by atoms with van der Waals surface area (Å²) in [6, 6.07) is 0.970. The summed E-state index contributed by atoms with van der Waals surface area (Å²) in [5.41, 5.74) is 3.80. The van der Waals surface area contributed by atoms with Crippen LogP contribution in [0.4, 0.5) is 5.95 Å². The third kappa shape index (κ3) is 3.02. The highest BCUT2D eigenvalue weighted by Gasteiger charge is 2.41. The summed E-state index contributed by atoms with van der Waals surface area (Å²) in [5.74, 6) is 0.796. The molecule has 0 radical (unpaired) electrons. The lowest BCUT2D eigenvalue weighted by Gasteiger charge is -2.36. The maximum atomic E-state index is 9.96. The van der Waals surface area contributed by atoms with Crippen molar-refractivity contribution in [2.75, 3.05) is 18.0 Å². The molecular weight excluding hydrogens is 340 g/mol. The van der Waals surface area contributed by atoms with Crippen molar-refractivity contribution in [2.24, 2.45) is 0 Å². The Bertz CT molecular complexity index is 821. The van der Waals surface area contributed by atoms with Crippen LogP contribution in [0.3, 0.4) is 0 Å². The molecular formula is C20H28N6O. The van der Waals surface area contributed by atoms with Crippen LogP contribution in [0.1, 0.15) is 55.6 Å². The van der Waals surface area contributed by atoms with E-state index in [4.69, 9.17) is 9.97 Å². The van der Waals surface area contributed by atoms with Crippen molar-refractivity contribution in [3.8, 4) is 0 Å². The van der Waals surface area contributed by atoms with Gasteiger partial charge in [0.1, 0.15) is 0 Å². The number of aromatic nitrogens is 4. The van der Waals surface area contributed by atoms with Gasteiger partial charge < -0.3 is 14.6 Å². The zero-order chi connectivity index (χ0) is 18.4. The molecule has 0 aliphatic carbocycles. The molecule has 0 saturated carbocycles. The summed E-state index contributed by atoms with van der Waals surface area (Å²) < 4.78 is 2.23. The maximum Gasteiger partial charge on any atom is 0.225 e. The third-order valence-electron chi connectivity index (χ3n) is 6.48. The van der Waals surface area contributed by atoms with Crippen molar-refractivity contribution in [3.05, 3.63) is 35.7 Å². The van der Waals surface area contributed by atoms with Crippen LogP contribution in [0.15, 0.2) is 18.7 Å². The number of aryl methyl sites for hydroxylation is 1. The normalized spacial score (nSPS) is 27.8. The second-order valence-corrected chi connectivity index (χ2v) is 8.11. The van der Waals surface area contributed by atoms with Crippen LogP contribution in [0.25, 0.3) is 0 Å². The van der Waals surface area contributed by atoms with Gasteiger partial charge in [-0.3, -0.25) is 4.90 Å². The molecule has 1 N–H and O–H groups in total. The Morgan fingerprint density at radius 2 is 2.15 bits per heavy atom. The zero-order valence-electron chi connectivity index (χ0n) is 16.0. The van der Waals surface area contributed by atoms with Crippen LogP contribution >= 0.6 is 0 Å². The van der Waals surface area contributed by atoms with E-state index >= 15 is 0 Å². The molecule has 27 heavy (non-hydrogen) atoms. The van der Waals surface area contributed by atoms with Gasteiger partial charge in [-0.1, -0.05) is 0 Å². The lowest BCUT2D eigenvalue weighted by Crippen LogP contribution is -2.41. The minimum Gasteiger partial charge on any atom is -0.391 e. The molecule has 3 aliphatic rings. The molecule has 2 aromatic rings. The lowest BCUT2D eigenvalue weighted by atomic mass is 9.99. The van der Waals surface area contributed by atoms with E-state index in [1.165, 1.54) is 29.8 Å². The zero-order valence-corrected chi connectivity index (χ0v) is 16.0. The van der Waals surface area contributed by atoms with E-state index in [1.54, 1.807) is 0 Å². The predicted octanol–water partition coefficient (Wildman–Crippen LogP) is 1.92. The Morgan fingerprint density at radius 1 is 1.22 bits per heavy atom. The van der Waals surface area contributed by atoms with Crippen molar-refractivity contribution < 1.29 is 5.11 Å². The molecule has 0 aromatic carbocycles. The Hall–Kier alpha value is -1.99. The number of aliphatic hydroxyl groups is 1. The van der Waals surface area contributed by atoms with E-state index in [0.29, 0.717) is 18.6 Å². The number of rotatable bonds is 4. The van der Waals surface area contributed by atoms with Crippen molar-refractivity contribution in [2.45, 2.75) is 70.3 Å². The van der Waals surface area contributed by atoms with Crippen molar-refractivity contribution in [3.63, 3.8) is 0 Å². The van der Waals surface area contributed by atoms with Gasteiger partial charge in [-0.2, -0.15) is 0 Å². The topological polar surface area (TPSA) is 70.3 Å². The van der Waals surface area contributed by atoms with Gasteiger partial charge in [0.15, 0.2) is 0 Å². The van der Waals surface area contributed by atoms with Crippen LogP contribution in [-0.2, 0) is 19.5 Å². The van der Waals surface area contributed by atoms with Crippen LogP contribution in [-0.4, -0.2) is 54.8 Å². The fourth-order valence-electron chi connectivity index (χ4n) is 5.05. The molecule has 3 aliphatic heterocycles. The van der Waals surface area contributed by atoms with E-state index in [-0.39, 0.29) is 6.10 Å². The molecule has 2 aromatic heterocycles. The van der Waals surface area contributed by atoms with Crippen molar-refractivity contribution in [1.29, 1.82) is 0 Å². The summed E-state index contributed by atoms with van der Waals surface area (Å²) in [5, 5.41) is 9.96. The van der Waals surface area contributed by atoms with E-state index in [0.717, 1.165) is 44.8 Å². The van der Waals surface area contributed by atoms with E-state index in [2.05, 4.69) is 32.5 Å². The summed E-state index contributed by atoms with van der Waals surface area (Å²) >= 11 is 0. The Balaban J connectivity index is 1.39. The molecule has 2 saturated heterocycles. The SMILES string of the molecule is CCn1cncc1CN1[C@@H]2CC[C@@H]1c1cnc(N3CCC[C@H](O)C3)nc1C2. The first-order valence-corrected chi connectivity index (χ1v) is 10.3. The average Bonchev–Trinajstić information content (AvgIpc) is 3.24. The Labute approximate surface area is 160 Å². The van der Waals surface area contributed by atoms with E-state index in [1.807, 2.05) is 12.5 Å². The van der Waals surface area contributed by atoms with E-state index in [9.17, 15) is 5.11 Å². The Morgan fingerprint density at radius 3 is 3.00 bits per heavy atom. The van der Waals surface area contributed by atoms with Gasteiger partial charge in [-0.05, 0) is 32.6 Å². The number of β-amino-alcohol motifs (C(OH)–C–C–N with tert-alkyl or cyclic N) is 1. The lowest BCUT2D eigenvalue weighted by molar-refractivity contribution is 0.152. The summed E-state index contributed by atoms with van der Waals surface area (Å²) in [4.78, 5) is 18.7. The van der Waals surface area contributed by atoms with Gasteiger partial charge >= 0.3 is 0 Å². The molecule has 0 spiro atoms. The maximum absolute atomic E-state index is 9.96. The highest BCUT2D eigenvalue weighted by molar-refractivity contribution is 5.37. The quantitative estimate of drug-likeness (QED) is 0.889. The smallest absolute Gasteiger partial charge is 0.225 e. The summed E-state index contributed by atoms with van der Waals surface area (Å²) in [6.07, 6.45) is 11.0. The second-order valence-electron chi connectivity index (χ2n) is 8.11. The van der Waals surface area contributed by atoms with Crippen LogP contribution in [0.5, 0.6) is 0 Å². The molecule has 7 heteroatoms. The van der Waals surface area contributed by atoms with Gasteiger partial charge in [0, 0.05) is 62.6 Å². The van der Waals surface area contributed by atoms with Crippen molar-refractivity contribution >= 4 is 5.95 Å². The fourth-order valence-corrected chi connectivity index (χ4v) is 5.05. The number of fused-ring (bicyclic) bond motifs is 4. The number of piperidine rings is 1. The molecule has 0 unspecified atom stereocenters. The number of hydrogen-bond donors (Lipinski definition) is 1. The van der Waals surface area contributed by atoms with Gasteiger partial charge in [0.2, 0.25) is 5.95 Å². The monoisotopic (exact) mass is 368 g/mol. The molecule has 7 nitrogen and oxygen atoms in total. The van der Waals surface area contributed by atoms with Crippen LogP contribution in [0, 0.1) is 0 Å². The summed E-state index contributed by atoms with van der Waals surface area (Å²) in [6.45, 7) is 5.67. The summed E-state index contributed by atoms with van der Waals surface area (Å²) in [7, 11) is 0.